The first-order chi connectivity index (χ1) is 18.9. The van der Waals surface area contributed by atoms with E-state index in [0.717, 1.165) is 21.0 Å². The monoisotopic (exact) mass is 603 g/mol. The molecular weight excluding hydrogens is 569 g/mol. The number of nitrogens with zero attached hydrogens (tertiary/aromatic N) is 2. The van der Waals surface area contributed by atoms with Gasteiger partial charge in [0, 0.05) is 13.1 Å². The molecule has 40 heavy (non-hydrogen) atoms. The number of benzene rings is 3. The van der Waals surface area contributed by atoms with Crippen LogP contribution in [0.25, 0.3) is 0 Å². The van der Waals surface area contributed by atoms with E-state index in [1.54, 1.807) is 56.3 Å². The van der Waals surface area contributed by atoms with Crippen LogP contribution in [0.3, 0.4) is 0 Å². The Morgan fingerprint density at radius 3 is 2.02 bits per heavy atom. The van der Waals surface area contributed by atoms with Crippen LogP contribution in [0.5, 0.6) is 0 Å². The SMILES string of the molecule is CCNC(=O)[C@@H](CC)N(Cc1ccc(Cl)c(Cl)c1)C(=O)CN(c1cc(C)cc(C)c1)S(=O)(=O)c1ccc(C)cc1. The van der Waals surface area contributed by atoms with Gasteiger partial charge in [0.05, 0.1) is 20.6 Å². The lowest BCUT2D eigenvalue weighted by molar-refractivity contribution is -0.140. The fourth-order valence-corrected chi connectivity index (χ4v) is 6.23. The van der Waals surface area contributed by atoms with E-state index in [0.29, 0.717) is 34.3 Å². The number of amides is 2. The Hall–Kier alpha value is -3.07. The van der Waals surface area contributed by atoms with E-state index in [9.17, 15) is 18.0 Å². The summed E-state index contributed by atoms with van der Waals surface area (Å²) in [6, 6.07) is 16.0. The van der Waals surface area contributed by atoms with Gasteiger partial charge in [-0.05, 0) is 87.2 Å². The third-order valence-electron chi connectivity index (χ3n) is 6.46. The van der Waals surface area contributed by atoms with Crippen molar-refractivity contribution in [1.82, 2.24) is 10.2 Å². The molecule has 0 saturated carbocycles. The first-order valence-corrected chi connectivity index (χ1v) is 15.3. The zero-order valence-electron chi connectivity index (χ0n) is 23.4. The number of carbonyl (C=O) groups is 2. The second-order valence-corrected chi connectivity index (χ2v) is 12.4. The Kier molecular flexibility index (Phi) is 10.6. The van der Waals surface area contributed by atoms with E-state index in [-0.39, 0.29) is 17.3 Å². The van der Waals surface area contributed by atoms with Crippen LogP contribution in [-0.2, 0) is 26.2 Å². The highest BCUT2D eigenvalue weighted by atomic mass is 35.5. The normalized spacial score (nSPS) is 12.1. The summed E-state index contributed by atoms with van der Waals surface area (Å²) in [4.78, 5) is 28.6. The summed E-state index contributed by atoms with van der Waals surface area (Å²) in [5.41, 5.74) is 3.64. The van der Waals surface area contributed by atoms with E-state index in [4.69, 9.17) is 23.2 Å². The van der Waals surface area contributed by atoms with Gasteiger partial charge in [0.2, 0.25) is 11.8 Å². The van der Waals surface area contributed by atoms with E-state index >= 15 is 0 Å². The molecule has 0 aliphatic carbocycles. The summed E-state index contributed by atoms with van der Waals surface area (Å²) in [7, 11) is -4.13. The summed E-state index contributed by atoms with van der Waals surface area (Å²) in [6.07, 6.45) is 0.327. The smallest absolute Gasteiger partial charge is 0.264 e. The predicted octanol–water partition coefficient (Wildman–Crippen LogP) is 6.06. The molecule has 0 aromatic heterocycles. The van der Waals surface area contributed by atoms with Crippen molar-refractivity contribution < 1.29 is 18.0 Å². The quantitative estimate of drug-likeness (QED) is 0.289. The van der Waals surface area contributed by atoms with Crippen LogP contribution < -0.4 is 9.62 Å². The molecule has 3 aromatic rings. The minimum absolute atomic E-state index is 0.0383. The Morgan fingerprint density at radius 2 is 1.48 bits per heavy atom. The molecular formula is C30H35Cl2N3O4S. The minimum Gasteiger partial charge on any atom is -0.355 e. The van der Waals surface area contributed by atoms with Crippen LogP contribution in [0.15, 0.2) is 65.6 Å². The lowest BCUT2D eigenvalue weighted by Crippen LogP contribution is -2.52. The fourth-order valence-electron chi connectivity index (χ4n) is 4.51. The predicted molar refractivity (Wildman–Crippen MR) is 161 cm³/mol. The molecule has 0 saturated heterocycles. The maximum atomic E-state index is 14.1. The number of likely N-dealkylation sites (N-methyl/N-ethyl adjacent to an activating group) is 1. The minimum atomic E-state index is -4.13. The second kappa shape index (κ2) is 13.5. The zero-order valence-corrected chi connectivity index (χ0v) is 25.7. The molecule has 0 aliphatic rings. The second-order valence-electron chi connectivity index (χ2n) is 9.76. The molecule has 0 heterocycles. The van der Waals surface area contributed by atoms with E-state index in [1.165, 1.54) is 17.0 Å². The molecule has 0 radical (unpaired) electrons. The average molecular weight is 605 g/mol. The molecule has 3 rings (SSSR count). The molecule has 2 amide bonds. The van der Waals surface area contributed by atoms with Crippen molar-refractivity contribution in [3.8, 4) is 0 Å². The standard InChI is InChI=1S/C30H35Cl2N3O4S/c1-6-28(30(37)33-7-2)34(18-23-10-13-26(31)27(32)17-23)29(36)19-35(24-15-21(4)14-22(5)16-24)40(38,39)25-11-8-20(3)9-12-25/h8-17,28H,6-7,18-19H2,1-5H3,(H,33,37)/t28-/m1/s1. The molecule has 0 bridgehead atoms. The van der Waals surface area contributed by atoms with Crippen molar-refractivity contribution in [1.29, 1.82) is 0 Å². The fraction of sp³-hybridized carbons (Fsp3) is 0.333. The number of hydrogen-bond donors (Lipinski definition) is 1. The highest BCUT2D eigenvalue weighted by molar-refractivity contribution is 7.92. The number of carbonyl (C=O) groups excluding carboxylic acids is 2. The first-order valence-electron chi connectivity index (χ1n) is 13.1. The van der Waals surface area contributed by atoms with Crippen LogP contribution in [-0.4, -0.2) is 44.3 Å². The Labute approximate surface area is 247 Å². The Morgan fingerprint density at radius 1 is 0.850 bits per heavy atom. The van der Waals surface area contributed by atoms with Crippen molar-refractivity contribution in [2.45, 2.75) is 58.5 Å². The molecule has 0 aliphatic heterocycles. The van der Waals surface area contributed by atoms with Gasteiger partial charge in [0.1, 0.15) is 12.6 Å². The van der Waals surface area contributed by atoms with Crippen molar-refractivity contribution in [3.05, 3.63) is 93.0 Å². The molecule has 1 atom stereocenters. The van der Waals surface area contributed by atoms with Crippen LogP contribution in [0, 0.1) is 20.8 Å². The largest absolute Gasteiger partial charge is 0.355 e. The zero-order chi connectivity index (χ0) is 29.6. The van der Waals surface area contributed by atoms with Crippen LogP contribution >= 0.6 is 23.2 Å². The number of halogens is 2. The van der Waals surface area contributed by atoms with Crippen molar-refractivity contribution in [3.63, 3.8) is 0 Å². The summed E-state index contributed by atoms with van der Waals surface area (Å²) in [6.45, 7) is 9.13. The van der Waals surface area contributed by atoms with Crippen LogP contribution in [0.4, 0.5) is 5.69 Å². The van der Waals surface area contributed by atoms with Gasteiger partial charge in [0.15, 0.2) is 0 Å². The van der Waals surface area contributed by atoms with Crippen LogP contribution in [0.2, 0.25) is 10.0 Å². The van der Waals surface area contributed by atoms with E-state index in [2.05, 4.69) is 5.32 Å². The number of anilines is 1. The summed E-state index contributed by atoms with van der Waals surface area (Å²) in [5.74, 6) is -0.850. The molecule has 0 spiro atoms. The van der Waals surface area contributed by atoms with Gasteiger partial charge in [-0.1, -0.05) is 60.0 Å². The number of rotatable bonds is 11. The maximum Gasteiger partial charge on any atom is 0.264 e. The lowest BCUT2D eigenvalue weighted by atomic mass is 10.1. The van der Waals surface area contributed by atoms with Gasteiger partial charge in [-0.3, -0.25) is 13.9 Å². The highest BCUT2D eigenvalue weighted by Crippen LogP contribution is 2.28. The van der Waals surface area contributed by atoms with E-state index < -0.39 is 28.5 Å². The van der Waals surface area contributed by atoms with Gasteiger partial charge < -0.3 is 10.2 Å². The number of nitrogens with one attached hydrogen (secondary N) is 1. The highest BCUT2D eigenvalue weighted by Gasteiger charge is 2.33. The van der Waals surface area contributed by atoms with Gasteiger partial charge in [-0.2, -0.15) is 0 Å². The Bertz CT molecular complexity index is 1460. The summed E-state index contributed by atoms with van der Waals surface area (Å²) >= 11 is 12.3. The van der Waals surface area contributed by atoms with Gasteiger partial charge >= 0.3 is 0 Å². The number of sulfonamides is 1. The molecule has 7 nitrogen and oxygen atoms in total. The molecule has 10 heteroatoms. The summed E-state index contributed by atoms with van der Waals surface area (Å²) < 4.78 is 29.1. The molecule has 3 aromatic carbocycles. The average Bonchev–Trinajstić information content (AvgIpc) is 2.88. The third-order valence-corrected chi connectivity index (χ3v) is 8.98. The maximum absolute atomic E-state index is 14.1. The third kappa shape index (κ3) is 7.56. The summed E-state index contributed by atoms with van der Waals surface area (Å²) in [5, 5.41) is 3.47. The molecule has 214 valence electrons. The van der Waals surface area contributed by atoms with Crippen LogP contribution in [0.1, 0.15) is 42.5 Å². The first kappa shape index (κ1) is 31.5. The van der Waals surface area contributed by atoms with Crippen molar-refractivity contribution in [2.75, 3.05) is 17.4 Å². The van der Waals surface area contributed by atoms with Crippen molar-refractivity contribution in [2.24, 2.45) is 0 Å². The van der Waals surface area contributed by atoms with E-state index in [1.807, 2.05) is 26.8 Å². The molecule has 0 fully saturated rings. The molecule has 0 unspecified atom stereocenters. The Balaban J connectivity index is 2.10. The molecule has 1 N–H and O–H groups in total. The van der Waals surface area contributed by atoms with Gasteiger partial charge in [0.25, 0.3) is 10.0 Å². The topological polar surface area (TPSA) is 86.8 Å². The number of hydrogen-bond acceptors (Lipinski definition) is 4. The van der Waals surface area contributed by atoms with Crippen molar-refractivity contribution >= 4 is 50.7 Å². The number of aryl methyl sites for hydroxylation is 3. The van der Waals surface area contributed by atoms with Gasteiger partial charge in [-0.15, -0.1) is 0 Å². The lowest BCUT2D eigenvalue weighted by Gasteiger charge is -2.33. The van der Waals surface area contributed by atoms with Gasteiger partial charge in [-0.25, -0.2) is 8.42 Å².